The number of benzene rings is 1. The van der Waals surface area contributed by atoms with Crippen molar-refractivity contribution >= 4 is 11.4 Å². The van der Waals surface area contributed by atoms with Crippen LogP contribution in [0.3, 0.4) is 0 Å². The van der Waals surface area contributed by atoms with Crippen LogP contribution in [0.25, 0.3) is 0 Å². The molecule has 0 aliphatic carbocycles. The van der Waals surface area contributed by atoms with E-state index >= 15 is 0 Å². The van der Waals surface area contributed by atoms with Gasteiger partial charge in [0.05, 0.1) is 0 Å². The van der Waals surface area contributed by atoms with Crippen molar-refractivity contribution in [2.75, 3.05) is 6.67 Å². The zero-order valence-corrected chi connectivity index (χ0v) is 14.6. The molecule has 2 N–H and O–H groups in total. The van der Waals surface area contributed by atoms with Crippen LogP contribution < -0.4 is 4.72 Å². The smallest absolute Gasteiger partial charge is 0.414 e. The van der Waals surface area contributed by atoms with Gasteiger partial charge in [-0.15, -0.1) is 4.72 Å². The number of hydrogen-bond acceptors (Lipinski definition) is 3. The van der Waals surface area contributed by atoms with Gasteiger partial charge < -0.3 is 9.66 Å². The van der Waals surface area contributed by atoms with E-state index in [2.05, 4.69) is 4.72 Å². The Morgan fingerprint density at radius 2 is 1.76 bits per heavy atom. The quantitative estimate of drug-likeness (QED) is 0.577. The lowest BCUT2D eigenvalue weighted by atomic mass is 9.86. The maximum atomic E-state index is 14.1. The second-order valence-corrected chi connectivity index (χ2v) is 8.53. The van der Waals surface area contributed by atoms with Gasteiger partial charge in [0.2, 0.25) is 0 Å². The van der Waals surface area contributed by atoms with E-state index in [1.54, 1.807) is 0 Å². The summed E-state index contributed by atoms with van der Waals surface area (Å²) in [5.41, 5.74) is -3.31. The fourth-order valence-corrected chi connectivity index (χ4v) is 2.92. The van der Waals surface area contributed by atoms with Crippen LogP contribution in [-0.2, 0) is 16.9 Å². The van der Waals surface area contributed by atoms with E-state index in [-0.39, 0.29) is 0 Å². The van der Waals surface area contributed by atoms with Crippen LogP contribution in [-0.4, -0.2) is 33.4 Å². The Balaban J connectivity index is 3.45. The third kappa shape index (κ3) is 5.25. The third-order valence-electron chi connectivity index (χ3n) is 3.46. The van der Waals surface area contributed by atoms with E-state index in [0.29, 0.717) is 6.07 Å². The molecule has 0 bridgehead atoms. The number of alkyl halides is 4. The molecule has 0 radical (unpaired) electrons. The Hall–Kier alpha value is -0.970. The summed E-state index contributed by atoms with van der Waals surface area (Å²) in [7, 11) is 0. The molecular weight excluding hydrogens is 372 g/mol. The average Bonchev–Trinajstić information content (AvgIpc) is 2.47. The zero-order chi connectivity index (χ0) is 19.6. The van der Waals surface area contributed by atoms with Crippen molar-refractivity contribution in [2.24, 2.45) is 0 Å². The molecule has 0 aromatic heterocycles. The summed E-state index contributed by atoms with van der Waals surface area (Å²) in [5, 5.41) is 9.34. The molecule has 0 saturated carbocycles. The Labute approximate surface area is 144 Å². The van der Waals surface area contributed by atoms with Gasteiger partial charge in [0, 0.05) is 23.3 Å². The normalized spacial score (nSPS) is 17.9. The van der Waals surface area contributed by atoms with Gasteiger partial charge in [-0.25, -0.2) is 13.2 Å². The fraction of sp³-hybridized carbons (Fsp3) is 0.600. The summed E-state index contributed by atoms with van der Waals surface area (Å²) >= 11 is -2.12. The summed E-state index contributed by atoms with van der Waals surface area (Å²) in [6, 6.07) is 2.58. The lowest BCUT2D eigenvalue weighted by molar-refractivity contribution is -0.210. The van der Waals surface area contributed by atoms with Crippen LogP contribution in [0.4, 0.5) is 26.3 Å². The van der Waals surface area contributed by atoms with Crippen LogP contribution in [0.5, 0.6) is 0 Å². The van der Waals surface area contributed by atoms with Crippen molar-refractivity contribution in [3.63, 3.8) is 0 Å². The minimum atomic E-state index is -5.12. The first-order valence-corrected chi connectivity index (χ1v) is 8.34. The number of hydrogen-bond donors (Lipinski definition) is 2. The molecule has 3 nitrogen and oxygen atoms in total. The van der Waals surface area contributed by atoms with Crippen molar-refractivity contribution < 1.29 is 36.0 Å². The average molecular weight is 391 g/mol. The number of aliphatic hydroxyl groups is 1. The Morgan fingerprint density at radius 1 is 1.20 bits per heavy atom. The lowest BCUT2D eigenvalue weighted by Crippen LogP contribution is -2.55. The molecule has 10 heteroatoms. The molecule has 0 spiro atoms. The van der Waals surface area contributed by atoms with Crippen molar-refractivity contribution in [1.82, 2.24) is 4.72 Å². The van der Waals surface area contributed by atoms with Gasteiger partial charge >= 0.3 is 6.18 Å². The second kappa shape index (κ2) is 7.73. The Bertz CT molecular complexity index is 568. The Morgan fingerprint density at radius 3 is 2.20 bits per heavy atom. The lowest BCUT2D eigenvalue weighted by Gasteiger charge is -2.37. The van der Waals surface area contributed by atoms with Crippen molar-refractivity contribution in [3.05, 3.63) is 35.4 Å². The molecule has 0 aliphatic heterocycles. The van der Waals surface area contributed by atoms with Crippen LogP contribution in [0.1, 0.15) is 32.8 Å². The van der Waals surface area contributed by atoms with E-state index < -0.39 is 64.2 Å². The predicted octanol–water partition coefficient (Wildman–Crippen LogP) is 3.49. The first kappa shape index (κ1) is 22.1. The first-order chi connectivity index (χ1) is 11.2. The summed E-state index contributed by atoms with van der Waals surface area (Å²) in [5.74, 6) is -2.98. The van der Waals surface area contributed by atoms with Gasteiger partial charge in [-0.05, 0) is 26.8 Å². The van der Waals surface area contributed by atoms with Crippen molar-refractivity contribution in [2.45, 2.75) is 49.8 Å². The van der Waals surface area contributed by atoms with Gasteiger partial charge in [0.1, 0.15) is 17.0 Å². The summed E-state index contributed by atoms with van der Waals surface area (Å²) in [4.78, 5) is 0. The van der Waals surface area contributed by atoms with Crippen molar-refractivity contribution in [1.29, 1.82) is 0 Å². The fourth-order valence-electron chi connectivity index (χ4n) is 2.01. The van der Waals surface area contributed by atoms with E-state index in [9.17, 15) is 36.0 Å². The SMILES string of the molecule is CC(C)(C)[S+]([O-])NC(CF)(C[C@H](O)C(F)(F)F)c1cccc(F)c1F. The van der Waals surface area contributed by atoms with Crippen LogP contribution in [0.2, 0.25) is 0 Å². The standard InChI is InChI=1S/C15H19F6NO2S/c1-13(2,3)25(24)22-14(8-16,7-11(23)15(19,20)21)9-5-4-6-10(17)12(9)18/h4-6,11,22-23H,7-8H2,1-3H3/t11-,14?,25?/m0/s1. The van der Waals surface area contributed by atoms with Gasteiger partial charge in [-0.1, -0.05) is 12.1 Å². The molecule has 0 heterocycles. The van der Waals surface area contributed by atoms with Gasteiger partial charge in [0.15, 0.2) is 17.7 Å². The monoisotopic (exact) mass is 391 g/mol. The Kier molecular flexibility index (Phi) is 6.82. The molecular formula is C15H19F6NO2S. The van der Waals surface area contributed by atoms with Gasteiger partial charge in [-0.2, -0.15) is 13.2 Å². The van der Waals surface area contributed by atoms with Gasteiger partial charge in [0.25, 0.3) is 0 Å². The molecule has 0 saturated heterocycles. The molecule has 144 valence electrons. The number of aliphatic hydroxyl groups excluding tert-OH is 1. The molecule has 0 fully saturated rings. The van der Waals surface area contributed by atoms with E-state index in [1.165, 1.54) is 20.8 Å². The third-order valence-corrected chi connectivity index (χ3v) is 5.15. The number of nitrogens with one attached hydrogen (secondary N) is 1. The molecule has 3 atom stereocenters. The molecule has 25 heavy (non-hydrogen) atoms. The minimum Gasteiger partial charge on any atom is -0.598 e. The van der Waals surface area contributed by atoms with E-state index in [1.807, 2.05) is 0 Å². The second-order valence-electron chi connectivity index (χ2n) is 6.56. The minimum absolute atomic E-state index is 0.711. The van der Waals surface area contributed by atoms with E-state index in [0.717, 1.165) is 12.1 Å². The molecule has 0 aliphatic rings. The van der Waals surface area contributed by atoms with Crippen LogP contribution >= 0.6 is 0 Å². The molecule has 1 rings (SSSR count). The summed E-state index contributed by atoms with van der Waals surface area (Å²) in [6.07, 6.45) is -9.53. The highest BCUT2D eigenvalue weighted by Gasteiger charge is 2.50. The van der Waals surface area contributed by atoms with Crippen molar-refractivity contribution in [3.8, 4) is 0 Å². The molecule has 2 unspecified atom stereocenters. The van der Waals surface area contributed by atoms with Crippen LogP contribution in [0, 0.1) is 11.6 Å². The maximum absolute atomic E-state index is 14.1. The highest BCUT2D eigenvalue weighted by molar-refractivity contribution is 7.90. The number of halogens is 6. The zero-order valence-electron chi connectivity index (χ0n) is 13.8. The summed E-state index contributed by atoms with van der Waals surface area (Å²) in [6.45, 7) is 2.73. The van der Waals surface area contributed by atoms with E-state index in [4.69, 9.17) is 0 Å². The maximum Gasteiger partial charge on any atom is 0.414 e. The molecule has 0 amide bonds. The summed E-state index contributed by atoms with van der Waals surface area (Å²) < 4.78 is 93.1. The molecule has 1 aromatic rings. The topological polar surface area (TPSA) is 55.3 Å². The first-order valence-electron chi connectivity index (χ1n) is 7.19. The largest absolute Gasteiger partial charge is 0.598 e. The number of rotatable bonds is 6. The predicted molar refractivity (Wildman–Crippen MR) is 81.7 cm³/mol. The van der Waals surface area contributed by atoms with Crippen LogP contribution in [0.15, 0.2) is 18.2 Å². The highest BCUT2D eigenvalue weighted by atomic mass is 32.2. The molecule has 1 aromatic carbocycles. The van der Waals surface area contributed by atoms with Gasteiger partial charge in [-0.3, -0.25) is 0 Å². The highest BCUT2D eigenvalue weighted by Crippen LogP contribution is 2.36.